The number of hydrogen-bond acceptors (Lipinski definition) is 3. The molecule has 6 heteroatoms. The van der Waals surface area contributed by atoms with Crippen molar-refractivity contribution in [3.8, 4) is 0 Å². The number of aromatic amines is 1. The molecular weight excluding hydrogens is 246 g/mol. The zero-order valence-electron chi connectivity index (χ0n) is 11.0. The molecule has 1 amide bonds. The van der Waals surface area contributed by atoms with Crippen molar-refractivity contribution in [3.05, 3.63) is 17.5 Å². The van der Waals surface area contributed by atoms with Crippen LogP contribution in [0.15, 0.2) is 6.07 Å². The summed E-state index contributed by atoms with van der Waals surface area (Å²) in [6.45, 7) is 1.43. The van der Waals surface area contributed by atoms with Gasteiger partial charge in [-0.25, -0.2) is 0 Å². The maximum absolute atomic E-state index is 11.8. The van der Waals surface area contributed by atoms with Gasteiger partial charge in [0.2, 0.25) is 0 Å². The van der Waals surface area contributed by atoms with Gasteiger partial charge in [0.05, 0.1) is 0 Å². The average Bonchev–Trinajstić information content (AvgIpc) is 2.89. The third-order valence-corrected chi connectivity index (χ3v) is 3.59. The summed E-state index contributed by atoms with van der Waals surface area (Å²) in [7, 11) is 0. The van der Waals surface area contributed by atoms with Gasteiger partial charge < -0.3 is 10.4 Å². The number of carboxylic acid groups (broad SMARTS) is 1. The molecule has 1 saturated carbocycles. The van der Waals surface area contributed by atoms with Crippen LogP contribution in [0.3, 0.4) is 0 Å². The Morgan fingerprint density at radius 3 is 2.74 bits per heavy atom. The van der Waals surface area contributed by atoms with Gasteiger partial charge in [0.1, 0.15) is 11.7 Å². The molecule has 19 heavy (non-hydrogen) atoms. The summed E-state index contributed by atoms with van der Waals surface area (Å²) in [6, 6.07) is 0.821. The average molecular weight is 265 g/mol. The zero-order chi connectivity index (χ0) is 13.8. The van der Waals surface area contributed by atoms with Crippen molar-refractivity contribution in [1.82, 2.24) is 15.5 Å². The van der Waals surface area contributed by atoms with E-state index in [1.54, 1.807) is 6.07 Å². The Balaban J connectivity index is 1.99. The summed E-state index contributed by atoms with van der Waals surface area (Å²) >= 11 is 0. The predicted octanol–water partition coefficient (Wildman–Crippen LogP) is 1.66. The lowest BCUT2D eigenvalue weighted by Crippen LogP contribution is -2.38. The van der Waals surface area contributed by atoms with Crippen LogP contribution in [0.2, 0.25) is 0 Å². The number of carbonyl (C=O) groups is 2. The smallest absolute Gasteiger partial charge is 0.325 e. The standard InChI is InChI=1S/C13H19N3O3/c1-8(13(18)19)14-12(17)11-7-10(15-16-11)9-5-3-2-4-6-9/h7-9H,2-6H2,1H3,(H,14,17)(H,15,16)(H,18,19). The first-order valence-electron chi connectivity index (χ1n) is 6.67. The van der Waals surface area contributed by atoms with E-state index >= 15 is 0 Å². The van der Waals surface area contributed by atoms with Gasteiger partial charge in [-0.1, -0.05) is 19.3 Å². The van der Waals surface area contributed by atoms with Crippen molar-refractivity contribution in [2.75, 3.05) is 0 Å². The summed E-state index contributed by atoms with van der Waals surface area (Å²) in [5, 5.41) is 18.0. The highest BCUT2D eigenvalue weighted by Gasteiger charge is 2.21. The number of aromatic nitrogens is 2. The van der Waals surface area contributed by atoms with Crippen LogP contribution in [0.1, 0.15) is 61.1 Å². The predicted molar refractivity (Wildman–Crippen MR) is 69.0 cm³/mol. The van der Waals surface area contributed by atoms with E-state index in [-0.39, 0.29) is 5.69 Å². The van der Waals surface area contributed by atoms with Gasteiger partial charge in [0, 0.05) is 11.6 Å². The second kappa shape index (κ2) is 5.86. The van der Waals surface area contributed by atoms with Crippen molar-refractivity contribution in [1.29, 1.82) is 0 Å². The number of nitrogens with zero attached hydrogens (tertiary/aromatic N) is 1. The minimum Gasteiger partial charge on any atom is -0.480 e. The molecule has 0 aromatic carbocycles. The van der Waals surface area contributed by atoms with E-state index < -0.39 is 17.9 Å². The van der Waals surface area contributed by atoms with E-state index in [4.69, 9.17) is 5.11 Å². The van der Waals surface area contributed by atoms with Crippen molar-refractivity contribution < 1.29 is 14.7 Å². The lowest BCUT2D eigenvalue weighted by atomic mass is 9.87. The number of amides is 1. The third-order valence-electron chi connectivity index (χ3n) is 3.59. The summed E-state index contributed by atoms with van der Waals surface area (Å²) < 4.78 is 0. The highest BCUT2D eigenvalue weighted by molar-refractivity contribution is 5.94. The normalized spacial score (nSPS) is 17.9. The minimum atomic E-state index is -1.06. The molecule has 0 spiro atoms. The fraction of sp³-hybridized carbons (Fsp3) is 0.615. The molecule has 0 bridgehead atoms. The first-order valence-corrected chi connectivity index (χ1v) is 6.67. The monoisotopic (exact) mass is 265 g/mol. The highest BCUT2D eigenvalue weighted by atomic mass is 16.4. The van der Waals surface area contributed by atoms with Gasteiger partial charge in [0.15, 0.2) is 0 Å². The Kier molecular flexibility index (Phi) is 4.19. The Bertz CT molecular complexity index is 463. The van der Waals surface area contributed by atoms with Crippen LogP contribution in [0.5, 0.6) is 0 Å². The Morgan fingerprint density at radius 1 is 1.42 bits per heavy atom. The fourth-order valence-corrected chi connectivity index (χ4v) is 2.41. The van der Waals surface area contributed by atoms with Crippen LogP contribution in [-0.4, -0.2) is 33.2 Å². The molecule has 1 aromatic rings. The molecule has 6 nitrogen and oxygen atoms in total. The molecule has 0 saturated heterocycles. The summed E-state index contributed by atoms with van der Waals surface area (Å²) in [5.74, 6) is -1.07. The lowest BCUT2D eigenvalue weighted by molar-refractivity contribution is -0.138. The van der Waals surface area contributed by atoms with Gasteiger partial charge in [0.25, 0.3) is 5.91 Å². The van der Waals surface area contributed by atoms with Crippen LogP contribution in [0, 0.1) is 0 Å². The van der Waals surface area contributed by atoms with E-state index in [1.165, 1.54) is 26.2 Å². The van der Waals surface area contributed by atoms with Crippen LogP contribution in [-0.2, 0) is 4.79 Å². The molecule has 1 fully saturated rings. The van der Waals surface area contributed by atoms with Crippen LogP contribution in [0.25, 0.3) is 0 Å². The van der Waals surface area contributed by atoms with Crippen LogP contribution < -0.4 is 5.32 Å². The highest BCUT2D eigenvalue weighted by Crippen LogP contribution is 2.31. The Morgan fingerprint density at radius 2 is 2.11 bits per heavy atom. The van der Waals surface area contributed by atoms with E-state index in [1.807, 2.05) is 0 Å². The van der Waals surface area contributed by atoms with Crippen molar-refractivity contribution in [2.45, 2.75) is 51.0 Å². The minimum absolute atomic E-state index is 0.258. The first-order chi connectivity index (χ1) is 9.08. The van der Waals surface area contributed by atoms with Gasteiger partial charge >= 0.3 is 5.97 Å². The van der Waals surface area contributed by atoms with Crippen LogP contribution >= 0.6 is 0 Å². The Hall–Kier alpha value is -1.85. The molecule has 0 aliphatic heterocycles. The Labute approximate surface area is 111 Å². The number of carbonyl (C=O) groups excluding carboxylic acids is 1. The molecule has 1 heterocycles. The van der Waals surface area contributed by atoms with Gasteiger partial charge in [-0.15, -0.1) is 0 Å². The molecule has 1 aliphatic rings. The summed E-state index contributed by atoms with van der Waals surface area (Å²) in [5.41, 5.74) is 1.24. The number of hydrogen-bond donors (Lipinski definition) is 3. The lowest BCUT2D eigenvalue weighted by Gasteiger charge is -2.19. The van der Waals surface area contributed by atoms with E-state index in [2.05, 4.69) is 15.5 Å². The molecule has 2 rings (SSSR count). The van der Waals surface area contributed by atoms with E-state index in [0.717, 1.165) is 18.5 Å². The zero-order valence-corrected chi connectivity index (χ0v) is 11.0. The van der Waals surface area contributed by atoms with Gasteiger partial charge in [-0.3, -0.25) is 14.7 Å². The van der Waals surface area contributed by atoms with E-state index in [9.17, 15) is 9.59 Å². The third kappa shape index (κ3) is 3.33. The van der Waals surface area contributed by atoms with Gasteiger partial charge in [-0.2, -0.15) is 5.10 Å². The largest absolute Gasteiger partial charge is 0.480 e. The van der Waals surface area contributed by atoms with E-state index in [0.29, 0.717) is 5.92 Å². The van der Waals surface area contributed by atoms with Crippen molar-refractivity contribution in [3.63, 3.8) is 0 Å². The second-order valence-electron chi connectivity index (χ2n) is 5.08. The number of nitrogens with one attached hydrogen (secondary N) is 2. The number of aliphatic carboxylic acids is 1. The molecule has 1 aromatic heterocycles. The van der Waals surface area contributed by atoms with Gasteiger partial charge in [-0.05, 0) is 25.8 Å². The molecule has 104 valence electrons. The second-order valence-corrected chi connectivity index (χ2v) is 5.08. The molecule has 1 unspecified atom stereocenters. The van der Waals surface area contributed by atoms with Crippen molar-refractivity contribution >= 4 is 11.9 Å². The number of H-pyrrole nitrogens is 1. The summed E-state index contributed by atoms with van der Waals surface area (Å²) in [4.78, 5) is 22.5. The maximum atomic E-state index is 11.8. The number of carboxylic acids is 1. The number of rotatable bonds is 4. The first kappa shape index (κ1) is 13.6. The summed E-state index contributed by atoms with van der Waals surface area (Å²) in [6.07, 6.45) is 5.93. The SMILES string of the molecule is CC(NC(=O)c1cc(C2CCCCC2)[nH]n1)C(=O)O. The molecule has 1 atom stereocenters. The molecule has 1 aliphatic carbocycles. The van der Waals surface area contributed by atoms with Crippen molar-refractivity contribution in [2.24, 2.45) is 0 Å². The quantitative estimate of drug-likeness (QED) is 0.771. The molecule has 0 radical (unpaired) electrons. The van der Waals surface area contributed by atoms with Crippen LogP contribution in [0.4, 0.5) is 0 Å². The fourth-order valence-electron chi connectivity index (χ4n) is 2.41. The maximum Gasteiger partial charge on any atom is 0.325 e. The molecular formula is C13H19N3O3. The topological polar surface area (TPSA) is 95.1 Å². The molecule has 3 N–H and O–H groups in total.